The Morgan fingerprint density at radius 2 is 2.00 bits per heavy atom. The van der Waals surface area contributed by atoms with Crippen molar-refractivity contribution in [1.82, 2.24) is 4.90 Å². The van der Waals surface area contributed by atoms with Crippen molar-refractivity contribution in [2.24, 2.45) is 0 Å². The van der Waals surface area contributed by atoms with Gasteiger partial charge in [-0.15, -0.1) is 11.3 Å². The molecular weight excluding hydrogens is 242 g/mol. The van der Waals surface area contributed by atoms with Crippen LogP contribution in [0.5, 0.6) is 0 Å². The van der Waals surface area contributed by atoms with Gasteiger partial charge in [0.05, 0.1) is 6.04 Å². The van der Waals surface area contributed by atoms with E-state index in [-0.39, 0.29) is 11.9 Å². The summed E-state index contributed by atoms with van der Waals surface area (Å²) in [5, 5.41) is 2.08. The number of amides is 1. The van der Waals surface area contributed by atoms with Gasteiger partial charge in [-0.2, -0.15) is 0 Å². The molecule has 0 aliphatic carbocycles. The maximum atomic E-state index is 12.0. The summed E-state index contributed by atoms with van der Waals surface area (Å²) in [6, 6.07) is 14.7. The molecule has 2 heterocycles. The molecule has 1 atom stereocenters. The Bertz CT molecular complexity index is 521. The molecule has 0 radical (unpaired) electrons. The summed E-state index contributed by atoms with van der Waals surface area (Å²) in [6.45, 7) is 0.724. The van der Waals surface area contributed by atoms with E-state index in [0.717, 1.165) is 13.0 Å². The van der Waals surface area contributed by atoms with Gasteiger partial charge in [0.1, 0.15) is 0 Å². The summed E-state index contributed by atoms with van der Waals surface area (Å²) in [6.07, 6.45) is 1.63. The quantitative estimate of drug-likeness (QED) is 0.822. The van der Waals surface area contributed by atoms with Crippen molar-refractivity contribution in [3.05, 3.63) is 58.3 Å². The van der Waals surface area contributed by atoms with E-state index in [1.165, 1.54) is 10.4 Å². The lowest BCUT2D eigenvalue weighted by Crippen LogP contribution is -2.26. The molecule has 1 amide bonds. The first-order chi connectivity index (χ1) is 8.84. The van der Waals surface area contributed by atoms with Crippen molar-refractivity contribution < 1.29 is 4.79 Å². The van der Waals surface area contributed by atoms with E-state index in [4.69, 9.17) is 0 Å². The Morgan fingerprint density at radius 1 is 1.17 bits per heavy atom. The van der Waals surface area contributed by atoms with Crippen molar-refractivity contribution in [1.29, 1.82) is 0 Å². The van der Waals surface area contributed by atoms with E-state index in [1.54, 1.807) is 11.3 Å². The lowest BCUT2D eigenvalue weighted by Gasteiger charge is -2.24. The normalized spacial score (nSPS) is 19.4. The number of thiophene rings is 1. The molecule has 1 aliphatic heterocycles. The number of carbonyl (C=O) groups is 1. The monoisotopic (exact) mass is 257 g/mol. The number of carbonyl (C=O) groups excluding carboxylic acids is 1. The van der Waals surface area contributed by atoms with Crippen molar-refractivity contribution in [3.8, 4) is 0 Å². The molecule has 0 bridgehead atoms. The number of hydrogen-bond acceptors (Lipinski definition) is 2. The van der Waals surface area contributed by atoms with Crippen molar-refractivity contribution >= 4 is 17.2 Å². The minimum absolute atomic E-state index is 0.275. The van der Waals surface area contributed by atoms with Gasteiger partial charge >= 0.3 is 0 Å². The van der Waals surface area contributed by atoms with Gasteiger partial charge in [-0.3, -0.25) is 4.79 Å². The van der Waals surface area contributed by atoms with Crippen molar-refractivity contribution in [3.63, 3.8) is 0 Å². The average Bonchev–Trinajstić information content (AvgIpc) is 3.02. The Balaban J connectivity index is 1.82. The van der Waals surface area contributed by atoms with Crippen LogP contribution in [0, 0.1) is 0 Å². The summed E-state index contributed by atoms with van der Waals surface area (Å²) in [5.41, 5.74) is 1.20. The van der Waals surface area contributed by atoms with Gasteiger partial charge in [0.2, 0.25) is 5.91 Å². The molecule has 2 aromatic rings. The second kappa shape index (κ2) is 4.94. The highest BCUT2D eigenvalue weighted by molar-refractivity contribution is 7.10. The zero-order chi connectivity index (χ0) is 12.4. The highest BCUT2D eigenvalue weighted by atomic mass is 32.1. The third kappa shape index (κ3) is 2.18. The number of benzene rings is 1. The fourth-order valence-electron chi connectivity index (χ4n) is 2.49. The van der Waals surface area contributed by atoms with E-state index >= 15 is 0 Å². The van der Waals surface area contributed by atoms with Crippen LogP contribution in [-0.2, 0) is 11.3 Å². The standard InChI is InChI=1S/C15H15NOS/c17-15-9-8-13(14-7-4-10-18-14)16(15)11-12-5-2-1-3-6-12/h1-7,10,13H,8-9,11H2. The molecule has 1 unspecified atom stereocenters. The van der Waals surface area contributed by atoms with Gasteiger partial charge in [-0.25, -0.2) is 0 Å². The Kier molecular flexibility index (Phi) is 3.15. The molecule has 92 valence electrons. The predicted molar refractivity (Wildman–Crippen MR) is 73.3 cm³/mol. The minimum Gasteiger partial charge on any atom is -0.331 e. The molecule has 1 aromatic heterocycles. The van der Waals surface area contributed by atoms with Crippen LogP contribution in [0.3, 0.4) is 0 Å². The van der Waals surface area contributed by atoms with Crippen LogP contribution in [0.2, 0.25) is 0 Å². The van der Waals surface area contributed by atoms with Gasteiger partial charge in [0, 0.05) is 17.8 Å². The molecule has 3 rings (SSSR count). The van der Waals surface area contributed by atoms with E-state index in [1.807, 2.05) is 23.1 Å². The minimum atomic E-state index is 0.275. The maximum absolute atomic E-state index is 12.0. The zero-order valence-electron chi connectivity index (χ0n) is 10.1. The summed E-state index contributed by atoms with van der Waals surface area (Å²) in [5.74, 6) is 0.275. The van der Waals surface area contributed by atoms with Crippen LogP contribution in [0.1, 0.15) is 29.3 Å². The zero-order valence-corrected chi connectivity index (χ0v) is 10.9. The highest BCUT2D eigenvalue weighted by Gasteiger charge is 2.32. The first-order valence-electron chi connectivity index (χ1n) is 6.21. The smallest absolute Gasteiger partial charge is 0.223 e. The molecule has 1 aliphatic rings. The van der Waals surface area contributed by atoms with Crippen molar-refractivity contribution in [2.75, 3.05) is 0 Å². The lowest BCUT2D eigenvalue weighted by molar-refractivity contribution is -0.129. The van der Waals surface area contributed by atoms with Gasteiger partial charge < -0.3 is 4.90 Å². The van der Waals surface area contributed by atoms with E-state index in [2.05, 4.69) is 29.6 Å². The van der Waals surface area contributed by atoms with Crippen LogP contribution in [-0.4, -0.2) is 10.8 Å². The molecule has 1 fully saturated rings. The lowest BCUT2D eigenvalue weighted by atomic mass is 10.1. The van der Waals surface area contributed by atoms with Gasteiger partial charge in [-0.1, -0.05) is 36.4 Å². The number of hydrogen-bond donors (Lipinski definition) is 0. The van der Waals surface area contributed by atoms with Crippen LogP contribution in [0.4, 0.5) is 0 Å². The van der Waals surface area contributed by atoms with Gasteiger partial charge in [0.15, 0.2) is 0 Å². The first kappa shape index (κ1) is 11.5. The fraction of sp³-hybridized carbons (Fsp3) is 0.267. The highest BCUT2D eigenvalue weighted by Crippen LogP contribution is 2.36. The number of nitrogens with zero attached hydrogens (tertiary/aromatic N) is 1. The molecule has 1 aromatic carbocycles. The second-order valence-corrected chi connectivity index (χ2v) is 5.56. The fourth-order valence-corrected chi connectivity index (χ4v) is 3.36. The van der Waals surface area contributed by atoms with Crippen LogP contribution in [0.15, 0.2) is 47.8 Å². The average molecular weight is 257 g/mol. The third-order valence-corrected chi connectivity index (χ3v) is 4.37. The first-order valence-corrected chi connectivity index (χ1v) is 7.09. The van der Waals surface area contributed by atoms with Crippen LogP contribution >= 0.6 is 11.3 Å². The Hall–Kier alpha value is -1.61. The molecule has 0 spiro atoms. The van der Waals surface area contributed by atoms with E-state index in [0.29, 0.717) is 6.42 Å². The van der Waals surface area contributed by atoms with Gasteiger partial charge in [-0.05, 0) is 23.4 Å². The van der Waals surface area contributed by atoms with Crippen LogP contribution < -0.4 is 0 Å². The van der Waals surface area contributed by atoms with Crippen molar-refractivity contribution in [2.45, 2.75) is 25.4 Å². The molecular formula is C15H15NOS. The molecule has 0 saturated carbocycles. The maximum Gasteiger partial charge on any atom is 0.223 e. The summed E-state index contributed by atoms with van der Waals surface area (Å²) in [4.78, 5) is 15.3. The molecule has 3 heteroatoms. The largest absolute Gasteiger partial charge is 0.331 e. The predicted octanol–water partition coefficient (Wildman–Crippen LogP) is 3.61. The van der Waals surface area contributed by atoms with Gasteiger partial charge in [0.25, 0.3) is 0 Å². The molecule has 18 heavy (non-hydrogen) atoms. The number of likely N-dealkylation sites (tertiary alicyclic amines) is 1. The summed E-state index contributed by atoms with van der Waals surface area (Å²) in [7, 11) is 0. The summed E-state index contributed by atoms with van der Waals surface area (Å²) < 4.78 is 0. The van der Waals surface area contributed by atoms with E-state index < -0.39 is 0 Å². The third-order valence-electron chi connectivity index (χ3n) is 3.40. The molecule has 0 N–H and O–H groups in total. The summed E-state index contributed by atoms with van der Waals surface area (Å²) >= 11 is 1.74. The Labute approximate surface area is 111 Å². The molecule has 1 saturated heterocycles. The van der Waals surface area contributed by atoms with E-state index in [9.17, 15) is 4.79 Å². The Morgan fingerprint density at radius 3 is 2.72 bits per heavy atom. The SMILES string of the molecule is O=C1CCC(c2cccs2)N1Cc1ccccc1. The number of rotatable bonds is 3. The topological polar surface area (TPSA) is 20.3 Å². The second-order valence-electron chi connectivity index (χ2n) is 4.58. The molecule has 2 nitrogen and oxygen atoms in total. The van der Waals surface area contributed by atoms with Crippen LogP contribution in [0.25, 0.3) is 0 Å².